The fourth-order valence-electron chi connectivity index (χ4n) is 2.05. The molecular formula is C15H11F3N4O. The number of ether oxygens (including phenoxy) is 1. The van der Waals surface area contributed by atoms with Gasteiger partial charge in [-0.05, 0) is 24.3 Å². The molecule has 0 amide bonds. The maximum atomic E-state index is 13.7. The van der Waals surface area contributed by atoms with Gasteiger partial charge < -0.3 is 10.1 Å². The molecule has 0 aliphatic rings. The van der Waals surface area contributed by atoms with Gasteiger partial charge in [0.2, 0.25) is 0 Å². The fourth-order valence-corrected chi connectivity index (χ4v) is 2.05. The van der Waals surface area contributed by atoms with E-state index in [1.165, 1.54) is 24.7 Å². The van der Waals surface area contributed by atoms with Gasteiger partial charge in [-0.25, -0.2) is 14.4 Å². The quantitative estimate of drug-likeness (QED) is 0.781. The third-order valence-electron chi connectivity index (χ3n) is 3.08. The number of halogens is 3. The third kappa shape index (κ3) is 3.47. The van der Waals surface area contributed by atoms with Crippen LogP contribution in [0.25, 0.3) is 10.9 Å². The van der Waals surface area contributed by atoms with E-state index in [1.807, 2.05) is 0 Å². The van der Waals surface area contributed by atoms with E-state index in [1.54, 1.807) is 18.2 Å². The fraction of sp³-hybridized carbons (Fsp3) is 0.133. The molecule has 0 aliphatic carbocycles. The Morgan fingerprint density at radius 3 is 2.70 bits per heavy atom. The zero-order valence-corrected chi connectivity index (χ0v) is 11.7. The maximum Gasteiger partial charge on any atom is 0.387 e. The lowest BCUT2D eigenvalue weighted by molar-refractivity contribution is -0.0500. The minimum atomic E-state index is -2.89. The van der Waals surface area contributed by atoms with Gasteiger partial charge in [0.25, 0.3) is 0 Å². The van der Waals surface area contributed by atoms with Crippen molar-refractivity contribution in [2.45, 2.75) is 13.2 Å². The molecule has 1 N–H and O–H groups in total. The molecule has 23 heavy (non-hydrogen) atoms. The number of nitrogens with one attached hydrogen (secondary N) is 1. The monoisotopic (exact) mass is 320 g/mol. The molecule has 0 fully saturated rings. The zero-order chi connectivity index (χ0) is 16.2. The molecule has 2 aromatic heterocycles. The Labute approximate surface area is 129 Å². The molecule has 0 saturated carbocycles. The third-order valence-corrected chi connectivity index (χ3v) is 3.08. The molecule has 0 saturated heterocycles. The van der Waals surface area contributed by atoms with Gasteiger partial charge in [0.15, 0.2) is 0 Å². The van der Waals surface area contributed by atoms with Gasteiger partial charge in [-0.1, -0.05) is 6.07 Å². The predicted octanol–water partition coefficient (Wildman–Crippen LogP) is 3.38. The Morgan fingerprint density at radius 1 is 1.09 bits per heavy atom. The molecule has 0 aliphatic heterocycles. The highest BCUT2D eigenvalue weighted by molar-refractivity contribution is 5.89. The van der Waals surface area contributed by atoms with Crippen molar-refractivity contribution in [1.82, 2.24) is 15.0 Å². The summed E-state index contributed by atoms with van der Waals surface area (Å²) in [6, 6.07) is 7.54. The normalized spacial score (nSPS) is 11.0. The molecule has 8 heteroatoms. The summed E-state index contributed by atoms with van der Waals surface area (Å²) >= 11 is 0. The number of hydrogen-bond donors (Lipinski definition) is 1. The summed E-state index contributed by atoms with van der Waals surface area (Å²) in [6.45, 7) is -2.60. The van der Waals surface area contributed by atoms with Gasteiger partial charge in [0.05, 0.1) is 18.4 Å². The van der Waals surface area contributed by atoms with Crippen LogP contribution in [0.15, 0.2) is 42.9 Å². The summed E-state index contributed by atoms with van der Waals surface area (Å²) in [4.78, 5) is 12.0. The van der Waals surface area contributed by atoms with Gasteiger partial charge >= 0.3 is 6.61 Å². The van der Waals surface area contributed by atoms with Gasteiger partial charge in [0.1, 0.15) is 29.2 Å². The van der Waals surface area contributed by atoms with E-state index in [-0.39, 0.29) is 17.8 Å². The zero-order valence-electron chi connectivity index (χ0n) is 11.7. The number of nitrogens with zero attached hydrogens (tertiary/aromatic N) is 3. The molecule has 0 atom stereocenters. The van der Waals surface area contributed by atoms with E-state index in [0.29, 0.717) is 16.9 Å². The molecule has 0 unspecified atom stereocenters. The number of anilines is 1. The van der Waals surface area contributed by atoms with Gasteiger partial charge in [0, 0.05) is 5.39 Å². The van der Waals surface area contributed by atoms with Crippen molar-refractivity contribution in [3.63, 3.8) is 0 Å². The largest absolute Gasteiger partial charge is 0.433 e. The smallest absolute Gasteiger partial charge is 0.387 e. The minimum Gasteiger partial charge on any atom is -0.433 e. The molecule has 3 rings (SSSR count). The van der Waals surface area contributed by atoms with Crippen molar-refractivity contribution < 1.29 is 17.9 Å². The van der Waals surface area contributed by atoms with Gasteiger partial charge in [-0.2, -0.15) is 8.78 Å². The molecule has 5 nitrogen and oxygen atoms in total. The maximum absolute atomic E-state index is 13.7. The first-order chi connectivity index (χ1) is 11.1. The van der Waals surface area contributed by atoms with Crippen molar-refractivity contribution in [1.29, 1.82) is 0 Å². The number of rotatable bonds is 5. The Balaban J connectivity index is 1.75. The van der Waals surface area contributed by atoms with E-state index < -0.39 is 12.4 Å². The molecule has 3 aromatic rings. The second-order valence-corrected chi connectivity index (χ2v) is 4.58. The Morgan fingerprint density at radius 2 is 1.96 bits per heavy atom. The minimum absolute atomic E-state index is 0.0155. The highest BCUT2D eigenvalue weighted by atomic mass is 19.3. The van der Waals surface area contributed by atoms with Crippen molar-refractivity contribution in [2.24, 2.45) is 0 Å². The first kappa shape index (κ1) is 15.0. The predicted molar refractivity (Wildman–Crippen MR) is 77.7 cm³/mol. The Bertz CT molecular complexity index is 811. The summed E-state index contributed by atoms with van der Waals surface area (Å²) in [5.41, 5.74) is 0.813. The number of benzene rings is 1. The molecule has 118 valence electrons. The molecule has 0 bridgehead atoms. The number of fused-ring (bicyclic) bond motifs is 1. The molecule has 1 aromatic carbocycles. The van der Waals surface area contributed by atoms with E-state index in [9.17, 15) is 13.2 Å². The second-order valence-electron chi connectivity index (χ2n) is 4.58. The number of hydrogen-bond acceptors (Lipinski definition) is 5. The van der Waals surface area contributed by atoms with E-state index in [2.05, 4.69) is 25.0 Å². The Hall–Kier alpha value is -2.90. The number of para-hydroxylation sites is 1. The van der Waals surface area contributed by atoms with Gasteiger partial charge in [-0.15, -0.1) is 0 Å². The Kier molecular flexibility index (Phi) is 4.22. The SMILES string of the molecule is Fc1cccc2c(NCc3ccc(OC(F)F)cn3)ncnc12. The summed E-state index contributed by atoms with van der Waals surface area (Å²) in [7, 11) is 0. The van der Waals surface area contributed by atoms with Gasteiger partial charge in [-0.3, -0.25) is 4.98 Å². The van der Waals surface area contributed by atoms with E-state index in [0.717, 1.165) is 0 Å². The number of aromatic nitrogens is 3. The highest BCUT2D eigenvalue weighted by Gasteiger charge is 2.08. The summed E-state index contributed by atoms with van der Waals surface area (Å²) in [6.07, 6.45) is 2.47. The number of alkyl halides is 2. The van der Waals surface area contributed by atoms with E-state index in [4.69, 9.17) is 0 Å². The first-order valence-electron chi connectivity index (χ1n) is 6.66. The molecule has 2 heterocycles. The summed E-state index contributed by atoms with van der Waals surface area (Å²) < 4.78 is 42.0. The molecule has 0 spiro atoms. The lowest BCUT2D eigenvalue weighted by Gasteiger charge is -2.09. The standard InChI is InChI=1S/C15H11F3N4O/c16-12-3-1-2-11-13(12)21-8-22-14(11)20-6-9-4-5-10(7-19-9)23-15(17)18/h1-5,7-8,15H,6H2,(H,20,21,22). The average molecular weight is 320 g/mol. The van der Waals surface area contributed by atoms with Crippen LogP contribution in [0.2, 0.25) is 0 Å². The van der Waals surface area contributed by atoms with Crippen LogP contribution in [0.3, 0.4) is 0 Å². The van der Waals surface area contributed by atoms with Crippen LogP contribution in [0, 0.1) is 5.82 Å². The van der Waals surface area contributed by atoms with Crippen LogP contribution in [-0.4, -0.2) is 21.6 Å². The molecule has 0 radical (unpaired) electrons. The summed E-state index contributed by atoms with van der Waals surface area (Å²) in [5, 5.41) is 3.57. The van der Waals surface area contributed by atoms with Crippen molar-refractivity contribution in [3.05, 3.63) is 54.4 Å². The van der Waals surface area contributed by atoms with Crippen LogP contribution in [0.1, 0.15) is 5.69 Å². The number of pyridine rings is 1. The summed E-state index contributed by atoms with van der Waals surface area (Å²) in [5.74, 6) is 0.0158. The van der Waals surface area contributed by atoms with Crippen LogP contribution in [0.4, 0.5) is 19.0 Å². The lowest BCUT2D eigenvalue weighted by atomic mass is 10.2. The van der Waals surface area contributed by atoms with Crippen LogP contribution in [0.5, 0.6) is 5.75 Å². The second kappa shape index (κ2) is 6.47. The van der Waals surface area contributed by atoms with Crippen molar-refractivity contribution >= 4 is 16.7 Å². The van der Waals surface area contributed by atoms with Crippen molar-refractivity contribution in [2.75, 3.05) is 5.32 Å². The topological polar surface area (TPSA) is 59.9 Å². The lowest BCUT2D eigenvalue weighted by Crippen LogP contribution is -2.06. The van der Waals surface area contributed by atoms with E-state index >= 15 is 0 Å². The molecular weight excluding hydrogens is 309 g/mol. The van der Waals surface area contributed by atoms with Crippen LogP contribution in [-0.2, 0) is 6.54 Å². The van der Waals surface area contributed by atoms with Crippen LogP contribution >= 0.6 is 0 Å². The van der Waals surface area contributed by atoms with Crippen LogP contribution < -0.4 is 10.1 Å². The highest BCUT2D eigenvalue weighted by Crippen LogP contribution is 2.21. The average Bonchev–Trinajstić information content (AvgIpc) is 2.54. The van der Waals surface area contributed by atoms with Crippen molar-refractivity contribution in [3.8, 4) is 5.75 Å². The first-order valence-corrected chi connectivity index (χ1v) is 6.66.